The topological polar surface area (TPSA) is 86.8 Å². The Morgan fingerprint density at radius 3 is 2.40 bits per heavy atom. The first-order valence-corrected chi connectivity index (χ1v) is 11.3. The van der Waals surface area contributed by atoms with Crippen LogP contribution in [-0.2, 0) is 4.79 Å². The Hall–Kier alpha value is -2.53. The number of carbonyl (C=O) groups excluding carboxylic acids is 1. The van der Waals surface area contributed by atoms with E-state index < -0.39 is 10.8 Å². The molecule has 2 atom stereocenters. The van der Waals surface area contributed by atoms with E-state index in [1.165, 1.54) is 17.3 Å². The fourth-order valence-electron chi connectivity index (χ4n) is 3.25. The average Bonchev–Trinajstić information content (AvgIpc) is 3.38. The predicted octanol–water partition coefficient (Wildman–Crippen LogP) is 3.71. The van der Waals surface area contributed by atoms with Crippen molar-refractivity contribution in [3.05, 3.63) is 29.8 Å². The standard InChI is InChI=1S/C22H30N6OS/c1-15(2)22(5,14-23)24-19(29)17(4)30-21-26-25-20(27-12-6-7-13-27)28(21)18-10-8-16(3)9-11-18/h8-11,15,17H,6-7,12-13H2,1-5H3,(H,24,29)/t17-,22+/m1/s1. The van der Waals surface area contributed by atoms with Crippen LogP contribution >= 0.6 is 11.8 Å². The molecule has 2 heterocycles. The van der Waals surface area contributed by atoms with Crippen LogP contribution in [0.5, 0.6) is 0 Å². The van der Waals surface area contributed by atoms with Crippen LogP contribution in [-0.4, -0.2) is 44.6 Å². The normalized spacial score (nSPS) is 16.9. The van der Waals surface area contributed by atoms with Crippen LogP contribution in [0.25, 0.3) is 5.69 Å². The zero-order valence-corrected chi connectivity index (χ0v) is 19.2. The van der Waals surface area contributed by atoms with Crippen molar-refractivity contribution in [2.75, 3.05) is 18.0 Å². The molecular weight excluding hydrogens is 396 g/mol. The first-order valence-electron chi connectivity index (χ1n) is 10.4. The maximum atomic E-state index is 12.8. The summed E-state index contributed by atoms with van der Waals surface area (Å²) in [7, 11) is 0. The predicted molar refractivity (Wildman–Crippen MR) is 120 cm³/mol. The maximum Gasteiger partial charge on any atom is 0.234 e. The summed E-state index contributed by atoms with van der Waals surface area (Å²) >= 11 is 1.36. The monoisotopic (exact) mass is 426 g/mol. The third-order valence-corrected chi connectivity index (χ3v) is 6.76. The van der Waals surface area contributed by atoms with Gasteiger partial charge in [0.05, 0.1) is 17.0 Å². The van der Waals surface area contributed by atoms with Crippen molar-refractivity contribution in [3.63, 3.8) is 0 Å². The first-order chi connectivity index (χ1) is 14.2. The van der Waals surface area contributed by atoms with Crippen molar-refractivity contribution in [2.24, 2.45) is 5.92 Å². The molecule has 0 bridgehead atoms. The van der Waals surface area contributed by atoms with Crippen molar-refractivity contribution in [1.29, 1.82) is 5.26 Å². The van der Waals surface area contributed by atoms with Gasteiger partial charge in [-0.1, -0.05) is 43.3 Å². The minimum absolute atomic E-state index is 0.00151. The number of nitriles is 1. The summed E-state index contributed by atoms with van der Waals surface area (Å²) in [6, 6.07) is 10.5. The smallest absolute Gasteiger partial charge is 0.234 e. The number of hydrogen-bond donors (Lipinski definition) is 1. The zero-order valence-electron chi connectivity index (χ0n) is 18.3. The fraction of sp³-hybridized carbons (Fsp3) is 0.545. The van der Waals surface area contributed by atoms with Crippen LogP contribution in [0.15, 0.2) is 29.4 Å². The summed E-state index contributed by atoms with van der Waals surface area (Å²) < 4.78 is 2.03. The van der Waals surface area contributed by atoms with Crippen LogP contribution in [0.3, 0.4) is 0 Å². The summed E-state index contributed by atoms with van der Waals surface area (Å²) in [6.07, 6.45) is 2.29. The van der Waals surface area contributed by atoms with E-state index in [0.717, 1.165) is 37.6 Å². The van der Waals surface area contributed by atoms with Gasteiger partial charge in [-0.25, -0.2) is 0 Å². The van der Waals surface area contributed by atoms with Gasteiger partial charge in [-0.05, 0) is 51.7 Å². The van der Waals surface area contributed by atoms with Gasteiger partial charge >= 0.3 is 0 Å². The molecule has 0 radical (unpaired) electrons. The van der Waals surface area contributed by atoms with Crippen LogP contribution in [0.1, 0.15) is 46.1 Å². The molecule has 0 aliphatic carbocycles. The number of aryl methyl sites for hydroxylation is 1. The Morgan fingerprint density at radius 2 is 1.83 bits per heavy atom. The largest absolute Gasteiger partial charge is 0.341 e. The molecule has 1 saturated heterocycles. The highest BCUT2D eigenvalue weighted by Gasteiger charge is 2.33. The highest BCUT2D eigenvalue weighted by Crippen LogP contribution is 2.31. The lowest BCUT2D eigenvalue weighted by Gasteiger charge is -2.28. The van der Waals surface area contributed by atoms with E-state index in [2.05, 4.69) is 57.7 Å². The molecule has 0 spiro atoms. The van der Waals surface area contributed by atoms with Gasteiger partial charge in [0, 0.05) is 13.1 Å². The SMILES string of the molecule is Cc1ccc(-n2c(S[C@H](C)C(=O)N[C@@](C)(C#N)C(C)C)nnc2N2CCCC2)cc1. The Labute approximate surface area is 182 Å². The second-order valence-corrected chi connectivity index (χ2v) is 9.67. The van der Waals surface area contributed by atoms with Gasteiger partial charge in [-0.2, -0.15) is 5.26 Å². The highest BCUT2D eigenvalue weighted by molar-refractivity contribution is 8.00. The van der Waals surface area contributed by atoms with E-state index in [0.29, 0.717) is 5.16 Å². The zero-order chi connectivity index (χ0) is 21.9. The molecule has 2 aromatic rings. The van der Waals surface area contributed by atoms with Gasteiger partial charge in [-0.15, -0.1) is 10.2 Å². The number of thioether (sulfide) groups is 1. The summed E-state index contributed by atoms with van der Waals surface area (Å²) in [5, 5.41) is 21.6. The number of benzene rings is 1. The number of carbonyl (C=O) groups is 1. The molecule has 30 heavy (non-hydrogen) atoms. The minimum Gasteiger partial charge on any atom is -0.341 e. The van der Waals surface area contributed by atoms with Crippen LogP contribution in [0.4, 0.5) is 5.95 Å². The second-order valence-electron chi connectivity index (χ2n) is 8.37. The van der Waals surface area contributed by atoms with Crippen molar-refractivity contribution in [3.8, 4) is 11.8 Å². The number of rotatable bonds is 7. The molecule has 8 heteroatoms. The Bertz CT molecular complexity index is 926. The number of aromatic nitrogens is 3. The number of nitrogens with zero attached hydrogens (tertiary/aromatic N) is 5. The maximum absolute atomic E-state index is 12.8. The van der Waals surface area contributed by atoms with Crippen molar-refractivity contribution in [2.45, 2.75) is 63.4 Å². The second kappa shape index (κ2) is 9.09. The fourth-order valence-corrected chi connectivity index (χ4v) is 4.11. The minimum atomic E-state index is -0.906. The Morgan fingerprint density at radius 1 is 1.20 bits per heavy atom. The lowest BCUT2D eigenvalue weighted by molar-refractivity contribution is -0.121. The number of nitrogens with one attached hydrogen (secondary N) is 1. The molecule has 3 rings (SSSR count). The number of hydrogen-bond acceptors (Lipinski definition) is 6. The molecule has 1 aromatic carbocycles. The summed E-state index contributed by atoms with van der Waals surface area (Å²) in [5.74, 6) is 0.635. The van der Waals surface area contributed by atoms with Crippen LogP contribution < -0.4 is 10.2 Å². The first kappa shape index (κ1) is 22.2. The molecule has 0 unspecified atom stereocenters. The van der Waals surface area contributed by atoms with Crippen LogP contribution in [0, 0.1) is 24.2 Å². The lowest BCUT2D eigenvalue weighted by atomic mass is 9.90. The molecule has 1 amide bonds. The third-order valence-electron chi connectivity index (χ3n) is 5.72. The summed E-state index contributed by atoms with van der Waals surface area (Å²) in [6.45, 7) is 11.4. The van der Waals surface area contributed by atoms with Crippen molar-refractivity contribution >= 4 is 23.6 Å². The van der Waals surface area contributed by atoms with E-state index in [4.69, 9.17) is 0 Å². The van der Waals surface area contributed by atoms with Gasteiger partial charge in [0.15, 0.2) is 5.16 Å². The van der Waals surface area contributed by atoms with Crippen molar-refractivity contribution < 1.29 is 4.79 Å². The van der Waals surface area contributed by atoms with E-state index >= 15 is 0 Å². The summed E-state index contributed by atoms with van der Waals surface area (Å²) in [5.41, 5.74) is 1.25. The van der Waals surface area contributed by atoms with Gasteiger partial charge < -0.3 is 10.2 Å². The molecule has 1 N–H and O–H groups in total. The van der Waals surface area contributed by atoms with Gasteiger partial charge in [0.1, 0.15) is 5.54 Å². The molecule has 1 fully saturated rings. The molecule has 0 saturated carbocycles. The molecule has 1 aliphatic heterocycles. The summed E-state index contributed by atoms with van der Waals surface area (Å²) in [4.78, 5) is 15.1. The molecule has 160 valence electrons. The van der Waals surface area contributed by atoms with Gasteiger partial charge in [0.25, 0.3) is 0 Å². The number of anilines is 1. The Kier molecular flexibility index (Phi) is 6.71. The Balaban J connectivity index is 1.87. The van der Waals surface area contributed by atoms with E-state index in [1.54, 1.807) is 6.92 Å². The quantitative estimate of drug-likeness (QED) is 0.679. The van der Waals surface area contributed by atoms with Crippen LogP contribution in [0.2, 0.25) is 0 Å². The van der Waals surface area contributed by atoms with Crippen molar-refractivity contribution in [1.82, 2.24) is 20.1 Å². The van der Waals surface area contributed by atoms with E-state index in [9.17, 15) is 10.1 Å². The lowest BCUT2D eigenvalue weighted by Crippen LogP contribution is -2.51. The molecule has 1 aliphatic rings. The molecule has 7 nitrogen and oxygen atoms in total. The number of amides is 1. The average molecular weight is 427 g/mol. The van der Waals surface area contributed by atoms with E-state index in [-0.39, 0.29) is 11.8 Å². The molecular formula is C22H30N6OS. The van der Waals surface area contributed by atoms with Gasteiger partial charge in [-0.3, -0.25) is 9.36 Å². The van der Waals surface area contributed by atoms with E-state index in [1.807, 2.05) is 25.3 Å². The molecule has 1 aromatic heterocycles. The third kappa shape index (κ3) is 4.62. The van der Waals surface area contributed by atoms with Gasteiger partial charge in [0.2, 0.25) is 11.9 Å². The highest BCUT2D eigenvalue weighted by atomic mass is 32.2.